The number of nitrogens with one attached hydrogen (secondary N) is 3. The molecule has 0 unspecified atom stereocenters. The maximum Gasteiger partial charge on any atom is 0.314 e. The number of carbonyl (C=O) groups excluding carboxylic acids is 1. The first-order valence-electron chi connectivity index (χ1n) is 6.38. The number of aromatic amines is 1. The quantitative estimate of drug-likeness (QED) is 0.788. The van der Waals surface area contributed by atoms with Crippen molar-refractivity contribution in [2.45, 2.75) is 13.3 Å². The molecule has 0 spiro atoms. The van der Waals surface area contributed by atoms with Gasteiger partial charge in [0.1, 0.15) is 5.82 Å². The Morgan fingerprint density at radius 3 is 2.75 bits per heavy atom. The highest BCUT2D eigenvalue weighted by Crippen LogP contribution is 2.17. The number of amides is 2. The standard InChI is InChI=1S/C13H16ClN5O/c1-2-15-13(20)16-8-7-11-17-12(19-18-11)9-3-5-10(14)6-4-9/h3-6H,2,7-8H2,1H3,(H2,15,16,20)(H,17,18,19). The lowest BCUT2D eigenvalue weighted by atomic mass is 10.2. The summed E-state index contributed by atoms with van der Waals surface area (Å²) in [6, 6.07) is 7.14. The van der Waals surface area contributed by atoms with Crippen molar-refractivity contribution in [3.8, 4) is 11.4 Å². The Hall–Kier alpha value is -2.08. The predicted molar refractivity (Wildman–Crippen MR) is 77.6 cm³/mol. The van der Waals surface area contributed by atoms with Crippen LogP contribution in [0.5, 0.6) is 0 Å². The normalized spacial score (nSPS) is 10.3. The van der Waals surface area contributed by atoms with E-state index >= 15 is 0 Å². The molecule has 20 heavy (non-hydrogen) atoms. The molecule has 6 nitrogen and oxygen atoms in total. The van der Waals surface area contributed by atoms with Gasteiger partial charge in [-0.2, -0.15) is 5.10 Å². The molecular formula is C13H16ClN5O. The lowest BCUT2D eigenvalue weighted by molar-refractivity contribution is 0.241. The van der Waals surface area contributed by atoms with Crippen LogP contribution in [0.15, 0.2) is 24.3 Å². The fraction of sp³-hybridized carbons (Fsp3) is 0.308. The Morgan fingerprint density at radius 1 is 1.30 bits per heavy atom. The molecular weight excluding hydrogens is 278 g/mol. The van der Waals surface area contributed by atoms with Crippen molar-refractivity contribution in [2.24, 2.45) is 0 Å². The molecule has 1 aromatic carbocycles. The Morgan fingerprint density at radius 2 is 2.05 bits per heavy atom. The Labute approximate surface area is 121 Å². The number of carbonyl (C=O) groups is 1. The maximum atomic E-state index is 11.2. The lowest BCUT2D eigenvalue weighted by Crippen LogP contribution is -2.36. The zero-order valence-electron chi connectivity index (χ0n) is 11.1. The Kier molecular flexibility index (Phi) is 4.95. The van der Waals surface area contributed by atoms with E-state index in [-0.39, 0.29) is 6.03 Å². The molecule has 1 aromatic heterocycles. The molecule has 0 aliphatic rings. The number of urea groups is 1. The van der Waals surface area contributed by atoms with E-state index in [1.165, 1.54) is 0 Å². The lowest BCUT2D eigenvalue weighted by Gasteiger charge is -2.03. The van der Waals surface area contributed by atoms with E-state index in [0.29, 0.717) is 30.4 Å². The first kappa shape index (κ1) is 14.3. The number of benzene rings is 1. The van der Waals surface area contributed by atoms with Crippen LogP contribution in [0.1, 0.15) is 12.7 Å². The number of nitrogens with zero attached hydrogens (tertiary/aromatic N) is 2. The van der Waals surface area contributed by atoms with Crippen LogP contribution in [0.25, 0.3) is 11.4 Å². The van der Waals surface area contributed by atoms with Crippen molar-refractivity contribution < 1.29 is 4.79 Å². The number of H-pyrrole nitrogens is 1. The summed E-state index contributed by atoms with van der Waals surface area (Å²) in [5.74, 6) is 1.35. The topological polar surface area (TPSA) is 82.7 Å². The molecule has 0 atom stereocenters. The van der Waals surface area contributed by atoms with Crippen LogP contribution in [0, 0.1) is 0 Å². The number of aromatic nitrogens is 3. The summed E-state index contributed by atoms with van der Waals surface area (Å²) in [4.78, 5) is 15.6. The zero-order valence-corrected chi connectivity index (χ0v) is 11.9. The van der Waals surface area contributed by atoms with Crippen molar-refractivity contribution in [3.63, 3.8) is 0 Å². The summed E-state index contributed by atoms with van der Waals surface area (Å²) >= 11 is 5.83. The molecule has 3 N–H and O–H groups in total. The largest absolute Gasteiger partial charge is 0.338 e. The van der Waals surface area contributed by atoms with Crippen molar-refractivity contribution >= 4 is 17.6 Å². The van der Waals surface area contributed by atoms with Gasteiger partial charge < -0.3 is 10.6 Å². The summed E-state index contributed by atoms with van der Waals surface area (Å²) < 4.78 is 0. The molecule has 0 fully saturated rings. The van der Waals surface area contributed by atoms with E-state index in [4.69, 9.17) is 11.6 Å². The van der Waals surface area contributed by atoms with Gasteiger partial charge in [0.25, 0.3) is 0 Å². The number of hydrogen-bond donors (Lipinski definition) is 3. The third kappa shape index (κ3) is 3.96. The van der Waals surface area contributed by atoms with Gasteiger partial charge in [0.2, 0.25) is 0 Å². The second-order valence-corrected chi connectivity index (χ2v) is 4.59. The summed E-state index contributed by atoms with van der Waals surface area (Å²) in [6.45, 7) is 2.98. The van der Waals surface area contributed by atoms with Gasteiger partial charge in [0, 0.05) is 30.1 Å². The van der Waals surface area contributed by atoms with E-state index in [0.717, 1.165) is 11.4 Å². The summed E-state index contributed by atoms with van der Waals surface area (Å²) in [5.41, 5.74) is 0.897. The molecule has 2 amide bonds. The van der Waals surface area contributed by atoms with Crippen molar-refractivity contribution in [1.82, 2.24) is 25.8 Å². The number of hydrogen-bond acceptors (Lipinski definition) is 3. The summed E-state index contributed by atoms with van der Waals surface area (Å²) in [7, 11) is 0. The smallest absolute Gasteiger partial charge is 0.314 e. The monoisotopic (exact) mass is 293 g/mol. The van der Waals surface area contributed by atoms with Gasteiger partial charge in [-0.15, -0.1) is 0 Å². The van der Waals surface area contributed by atoms with E-state index in [1.807, 2.05) is 19.1 Å². The average Bonchev–Trinajstić information content (AvgIpc) is 2.89. The fourth-order valence-corrected chi connectivity index (χ4v) is 1.78. The summed E-state index contributed by atoms with van der Waals surface area (Å²) in [6.07, 6.45) is 0.595. The van der Waals surface area contributed by atoms with Crippen LogP contribution in [-0.4, -0.2) is 34.3 Å². The van der Waals surface area contributed by atoms with Gasteiger partial charge in [-0.3, -0.25) is 5.10 Å². The first-order valence-corrected chi connectivity index (χ1v) is 6.75. The van der Waals surface area contributed by atoms with Crippen LogP contribution >= 0.6 is 11.6 Å². The third-order valence-corrected chi connectivity index (χ3v) is 2.87. The van der Waals surface area contributed by atoms with Crippen LogP contribution in [0.3, 0.4) is 0 Å². The molecule has 106 valence electrons. The van der Waals surface area contributed by atoms with Crippen LogP contribution in [0.4, 0.5) is 4.79 Å². The zero-order chi connectivity index (χ0) is 14.4. The van der Waals surface area contributed by atoms with Crippen LogP contribution < -0.4 is 10.6 Å². The SMILES string of the molecule is CCNC(=O)NCCc1nc(-c2ccc(Cl)cc2)n[nH]1. The van der Waals surface area contributed by atoms with Crippen LogP contribution in [0.2, 0.25) is 5.02 Å². The second-order valence-electron chi connectivity index (χ2n) is 4.15. The second kappa shape index (κ2) is 6.91. The molecule has 0 radical (unpaired) electrons. The van der Waals surface area contributed by atoms with Crippen molar-refractivity contribution in [2.75, 3.05) is 13.1 Å². The molecule has 0 bridgehead atoms. The highest BCUT2D eigenvalue weighted by molar-refractivity contribution is 6.30. The average molecular weight is 294 g/mol. The van der Waals surface area contributed by atoms with Gasteiger partial charge in [-0.05, 0) is 31.2 Å². The molecule has 0 saturated carbocycles. The Bertz CT molecular complexity index is 566. The van der Waals surface area contributed by atoms with Gasteiger partial charge in [-0.1, -0.05) is 11.6 Å². The maximum absolute atomic E-state index is 11.2. The van der Waals surface area contributed by atoms with Crippen LogP contribution in [-0.2, 0) is 6.42 Å². The van der Waals surface area contributed by atoms with Gasteiger partial charge in [-0.25, -0.2) is 9.78 Å². The van der Waals surface area contributed by atoms with Gasteiger partial charge in [0.15, 0.2) is 5.82 Å². The van der Waals surface area contributed by atoms with E-state index < -0.39 is 0 Å². The minimum absolute atomic E-state index is 0.176. The molecule has 1 heterocycles. The minimum atomic E-state index is -0.176. The first-order chi connectivity index (χ1) is 9.69. The fourth-order valence-electron chi connectivity index (χ4n) is 1.65. The number of rotatable bonds is 5. The van der Waals surface area contributed by atoms with Gasteiger partial charge >= 0.3 is 6.03 Å². The van der Waals surface area contributed by atoms with E-state index in [2.05, 4.69) is 25.8 Å². The Balaban J connectivity index is 1.89. The molecule has 2 aromatic rings. The van der Waals surface area contributed by atoms with E-state index in [1.54, 1.807) is 12.1 Å². The predicted octanol–water partition coefficient (Wildman–Crippen LogP) is 1.99. The summed E-state index contributed by atoms with van der Waals surface area (Å²) in [5, 5.41) is 13.1. The molecule has 0 aliphatic heterocycles. The molecule has 7 heteroatoms. The molecule has 0 saturated heterocycles. The molecule has 0 aliphatic carbocycles. The highest BCUT2D eigenvalue weighted by atomic mass is 35.5. The van der Waals surface area contributed by atoms with Crippen molar-refractivity contribution in [3.05, 3.63) is 35.1 Å². The van der Waals surface area contributed by atoms with Crippen molar-refractivity contribution in [1.29, 1.82) is 0 Å². The number of halogens is 1. The van der Waals surface area contributed by atoms with E-state index in [9.17, 15) is 4.79 Å². The highest BCUT2D eigenvalue weighted by Gasteiger charge is 2.06. The molecule has 2 rings (SSSR count). The minimum Gasteiger partial charge on any atom is -0.338 e. The third-order valence-electron chi connectivity index (χ3n) is 2.62. The van der Waals surface area contributed by atoms with Gasteiger partial charge in [0.05, 0.1) is 0 Å².